The number of nitrogens with one attached hydrogen (secondary N) is 2. The maximum absolute atomic E-state index is 13.0. The summed E-state index contributed by atoms with van der Waals surface area (Å²) < 4.78 is 11.7. The third-order valence-corrected chi connectivity index (χ3v) is 7.17. The van der Waals surface area contributed by atoms with E-state index in [-0.39, 0.29) is 11.6 Å². The Morgan fingerprint density at radius 2 is 1.71 bits per heavy atom. The summed E-state index contributed by atoms with van der Waals surface area (Å²) in [5.74, 6) is 0.857. The lowest BCUT2D eigenvalue weighted by Crippen LogP contribution is -2.46. The van der Waals surface area contributed by atoms with E-state index in [2.05, 4.69) is 61.8 Å². The Morgan fingerprint density at radius 3 is 2.39 bits per heavy atom. The number of ether oxygens (including phenoxy) is 2. The lowest BCUT2D eigenvalue weighted by atomic mass is 9.91. The van der Waals surface area contributed by atoms with Gasteiger partial charge in [-0.05, 0) is 101 Å². The van der Waals surface area contributed by atoms with Crippen molar-refractivity contribution in [2.24, 2.45) is 5.73 Å². The summed E-state index contributed by atoms with van der Waals surface area (Å²) in [5.41, 5.74) is 10.7. The zero-order valence-corrected chi connectivity index (χ0v) is 24.7. The average Bonchev–Trinajstić information content (AvgIpc) is 2.95. The molecule has 41 heavy (non-hydrogen) atoms. The van der Waals surface area contributed by atoms with Crippen LogP contribution in [0, 0.1) is 0 Å². The van der Waals surface area contributed by atoms with Crippen LogP contribution in [0.5, 0.6) is 5.75 Å². The van der Waals surface area contributed by atoms with Crippen molar-refractivity contribution >= 4 is 17.9 Å². The minimum Gasteiger partial charge on any atom is -0.493 e. The fourth-order valence-corrected chi connectivity index (χ4v) is 5.25. The molecular weight excluding hydrogens is 510 g/mol. The van der Waals surface area contributed by atoms with Crippen LogP contribution in [0.25, 0.3) is 17.2 Å². The molecule has 218 valence electrons. The molecule has 0 saturated heterocycles. The van der Waals surface area contributed by atoms with Crippen molar-refractivity contribution < 1.29 is 14.3 Å². The molecule has 3 aromatic rings. The summed E-state index contributed by atoms with van der Waals surface area (Å²) >= 11 is 0. The van der Waals surface area contributed by atoms with Crippen molar-refractivity contribution in [1.29, 1.82) is 0 Å². The summed E-state index contributed by atoms with van der Waals surface area (Å²) in [6.07, 6.45) is 9.08. The smallest absolute Gasteiger partial charge is 0.411 e. The Labute approximate surface area is 245 Å². The van der Waals surface area contributed by atoms with Gasteiger partial charge in [-0.25, -0.2) is 4.79 Å². The first kappa shape index (κ1) is 30.4. The van der Waals surface area contributed by atoms with Gasteiger partial charge in [0.05, 0.1) is 12.3 Å². The monoisotopic (exact) mass is 555 g/mol. The maximum atomic E-state index is 13.0. The van der Waals surface area contributed by atoms with Gasteiger partial charge in [-0.2, -0.15) is 0 Å². The molecule has 0 heterocycles. The Kier molecular flexibility index (Phi) is 11.0. The van der Waals surface area contributed by atoms with Gasteiger partial charge < -0.3 is 20.5 Å². The van der Waals surface area contributed by atoms with E-state index in [1.165, 1.54) is 5.56 Å². The molecule has 1 amide bonds. The van der Waals surface area contributed by atoms with Gasteiger partial charge in [0.25, 0.3) is 0 Å². The second-order valence-electron chi connectivity index (χ2n) is 11.8. The number of amides is 1. The van der Waals surface area contributed by atoms with Crippen LogP contribution in [0.1, 0.15) is 64.0 Å². The molecule has 4 N–H and O–H groups in total. The largest absolute Gasteiger partial charge is 0.493 e. The summed E-state index contributed by atoms with van der Waals surface area (Å²) in [5, 5.41) is 6.71. The van der Waals surface area contributed by atoms with Crippen molar-refractivity contribution in [2.45, 2.75) is 77.0 Å². The highest BCUT2D eigenvalue weighted by Gasteiger charge is 2.26. The minimum absolute atomic E-state index is 0.0619. The predicted molar refractivity (Wildman–Crippen MR) is 169 cm³/mol. The molecule has 1 fully saturated rings. The molecule has 3 aromatic carbocycles. The van der Waals surface area contributed by atoms with Crippen LogP contribution in [0.15, 0.2) is 78.9 Å². The van der Waals surface area contributed by atoms with E-state index in [0.717, 1.165) is 66.7 Å². The SMILES string of the molecule is CC(C)(C)N[C@H]1CC[C@H](OC(=O)Nc2cc(C=CCCOc3ccc(CCN)cc3)ccc2-c2ccccc2)CC1. The van der Waals surface area contributed by atoms with Crippen LogP contribution in [0.2, 0.25) is 0 Å². The fourth-order valence-electron chi connectivity index (χ4n) is 5.25. The number of carbonyl (C=O) groups is 1. The maximum Gasteiger partial charge on any atom is 0.411 e. The Bertz CT molecular complexity index is 1260. The predicted octanol–water partition coefficient (Wildman–Crippen LogP) is 7.58. The molecule has 0 atom stereocenters. The second-order valence-corrected chi connectivity index (χ2v) is 11.8. The number of anilines is 1. The lowest BCUT2D eigenvalue weighted by molar-refractivity contribution is 0.0762. The molecule has 0 aliphatic heterocycles. The van der Waals surface area contributed by atoms with Crippen LogP contribution in [-0.2, 0) is 11.2 Å². The van der Waals surface area contributed by atoms with Crippen LogP contribution in [0.3, 0.4) is 0 Å². The fraction of sp³-hybridized carbons (Fsp3) is 0.400. The number of nitrogens with two attached hydrogens (primary N) is 1. The number of hydrogen-bond donors (Lipinski definition) is 3. The number of rotatable bonds is 11. The van der Waals surface area contributed by atoms with Gasteiger partial charge in [-0.3, -0.25) is 5.32 Å². The molecule has 0 radical (unpaired) electrons. The minimum atomic E-state index is -0.401. The first-order valence-electron chi connectivity index (χ1n) is 14.8. The normalized spacial score (nSPS) is 17.4. The quantitative estimate of drug-likeness (QED) is 0.212. The van der Waals surface area contributed by atoms with Gasteiger partial charge in [-0.1, -0.05) is 66.7 Å². The summed E-state index contributed by atoms with van der Waals surface area (Å²) in [4.78, 5) is 13.0. The van der Waals surface area contributed by atoms with E-state index in [0.29, 0.717) is 19.2 Å². The van der Waals surface area contributed by atoms with E-state index in [1.54, 1.807) is 0 Å². The zero-order chi connectivity index (χ0) is 29.1. The molecule has 6 heteroatoms. The molecule has 0 spiro atoms. The highest BCUT2D eigenvalue weighted by Crippen LogP contribution is 2.30. The molecule has 0 bridgehead atoms. The molecule has 6 nitrogen and oxygen atoms in total. The van der Waals surface area contributed by atoms with Gasteiger partial charge in [-0.15, -0.1) is 0 Å². The number of carbonyl (C=O) groups excluding carboxylic acids is 1. The van der Waals surface area contributed by atoms with Crippen molar-refractivity contribution in [3.63, 3.8) is 0 Å². The van der Waals surface area contributed by atoms with Crippen LogP contribution < -0.4 is 21.1 Å². The zero-order valence-electron chi connectivity index (χ0n) is 24.7. The third-order valence-electron chi connectivity index (χ3n) is 7.17. The first-order chi connectivity index (χ1) is 19.8. The van der Waals surface area contributed by atoms with Crippen molar-refractivity contribution in [3.05, 3.63) is 90.0 Å². The Hall–Kier alpha value is -3.61. The standard InChI is InChI=1S/C35H45N3O3/c1-35(2,3)38-29-15-19-31(20-16-29)41-34(39)37-33-25-27(14-21-32(33)28-10-5-4-6-11-28)9-7-8-24-40-30-17-12-26(13-18-30)22-23-36/h4-7,9-14,17-18,21,25,29,31,38H,8,15-16,19-20,22-24,36H2,1-3H3,(H,37,39)/t29-,31-. The second kappa shape index (κ2) is 14.9. The molecule has 1 aliphatic carbocycles. The molecule has 1 saturated carbocycles. The van der Waals surface area contributed by atoms with Gasteiger partial charge in [0, 0.05) is 17.1 Å². The number of hydrogen-bond acceptors (Lipinski definition) is 5. The lowest BCUT2D eigenvalue weighted by Gasteiger charge is -2.34. The van der Waals surface area contributed by atoms with Crippen LogP contribution >= 0.6 is 0 Å². The van der Waals surface area contributed by atoms with E-state index in [1.807, 2.05) is 54.6 Å². The molecular formula is C35H45N3O3. The van der Waals surface area contributed by atoms with Gasteiger partial charge in [0.2, 0.25) is 0 Å². The van der Waals surface area contributed by atoms with E-state index in [9.17, 15) is 4.79 Å². The van der Waals surface area contributed by atoms with Crippen molar-refractivity contribution in [3.8, 4) is 16.9 Å². The first-order valence-corrected chi connectivity index (χ1v) is 14.8. The van der Waals surface area contributed by atoms with Gasteiger partial charge >= 0.3 is 6.09 Å². The van der Waals surface area contributed by atoms with Crippen LogP contribution in [0.4, 0.5) is 10.5 Å². The average molecular weight is 556 g/mol. The highest BCUT2D eigenvalue weighted by atomic mass is 16.6. The molecule has 0 aromatic heterocycles. The van der Waals surface area contributed by atoms with Crippen LogP contribution in [-0.4, -0.2) is 36.9 Å². The Morgan fingerprint density at radius 1 is 0.976 bits per heavy atom. The van der Waals surface area contributed by atoms with Crippen molar-refractivity contribution in [2.75, 3.05) is 18.5 Å². The number of benzene rings is 3. The molecule has 4 rings (SSSR count). The van der Waals surface area contributed by atoms with Gasteiger partial charge in [0.15, 0.2) is 0 Å². The summed E-state index contributed by atoms with van der Waals surface area (Å²) in [6.45, 7) is 7.80. The molecule has 1 aliphatic rings. The summed E-state index contributed by atoms with van der Waals surface area (Å²) in [6, 6.07) is 24.8. The molecule has 0 unspecified atom stereocenters. The Balaban J connectivity index is 1.34. The van der Waals surface area contributed by atoms with E-state index < -0.39 is 6.09 Å². The van der Waals surface area contributed by atoms with E-state index in [4.69, 9.17) is 15.2 Å². The van der Waals surface area contributed by atoms with Gasteiger partial charge in [0.1, 0.15) is 11.9 Å². The third kappa shape index (κ3) is 10.1. The topological polar surface area (TPSA) is 85.6 Å². The summed E-state index contributed by atoms with van der Waals surface area (Å²) in [7, 11) is 0. The van der Waals surface area contributed by atoms with E-state index >= 15 is 0 Å². The highest BCUT2D eigenvalue weighted by molar-refractivity contribution is 5.92. The van der Waals surface area contributed by atoms with Crippen molar-refractivity contribution in [1.82, 2.24) is 5.32 Å².